The highest BCUT2D eigenvalue weighted by Gasteiger charge is 2.48. The highest BCUT2D eigenvalue weighted by molar-refractivity contribution is 9.10. The third-order valence-corrected chi connectivity index (χ3v) is 9.17. The van der Waals surface area contributed by atoms with Gasteiger partial charge in [-0.15, -0.1) is 0 Å². The number of ether oxygens (including phenoxy) is 4. The third-order valence-electron chi connectivity index (χ3n) is 8.49. The average molecular weight is 749 g/mol. The molecule has 5 rings (SSSR count). The number of aryl methyl sites for hydroxylation is 1. The molecule has 1 aromatic heterocycles. The lowest BCUT2D eigenvalue weighted by atomic mass is 9.90. The van der Waals surface area contributed by atoms with Crippen LogP contribution in [0.25, 0.3) is 0 Å². The van der Waals surface area contributed by atoms with E-state index in [4.69, 9.17) is 23.4 Å². The van der Waals surface area contributed by atoms with Crippen molar-refractivity contribution in [2.24, 2.45) is 5.92 Å². The number of cyclic esters (lactones) is 1. The first-order valence-electron chi connectivity index (χ1n) is 16.7. The summed E-state index contributed by atoms with van der Waals surface area (Å²) >= 11 is 3.57. The fourth-order valence-electron chi connectivity index (χ4n) is 5.96. The van der Waals surface area contributed by atoms with Crippen molar-refractivity contribution in [1.82, 2.24) is 4.90 Å². The van der Waals surface area contributed by atoms with E-state index in [0.717, 1.165) is 21.6 Å². The van der Waals surface area contributed by atoms with Crippen LogP contribution >= 0.6 is 15.9 Å². The molecule has 11 heteroatoms. The van der Waals surface area contributed by atoms with Gasteiger partial charge in [0.15, 0.2) is 6.10 Å². The number of benzene rings is 3. The zero-order chi connectivity index (χ0) is 35.5. The van der Waals surface area contributed by atoms with Crippen molar-refractivity contribution in [3.05, 3.63) is 130 Å². The van der Waals surface area contributed by atoms with Gasteiger partial charge in [-0.1, -0.05) is 91.0 Å². The molecule has 1 N–H and O–H groups in total. The molecule has 264 valence electrons. The maximum absolute atomic E-state index is 14.4. The topological polar surface area (TPSA) is 125 Å². The minimum atomic E-state index is -1.13. The van der Waals surface area contributed by atoms with Gasteiger partial charge < -0.3 is 28.5 Å². The molecule has 0 saturated carbocycles. The number of furan rings is 1. The highest BCUT2D eigenvalue weighted by atomic mass is 79.9. The number of hydrogen-bond acceptors (Lipinski definition) is 9. The van der Waals surface area contributed by atoms with Gasteiger partial charge >= 0.3 is 12.1 Å². The van der Waals surface area contributed by atoms with E-state index < -0.39 is 48.2 Å². The number of rotatable bonds is 17. The number of aliphatic hydroxyl groups is 1. The molecule has 2 amide bonds. The second kappa shape index (κ2) is 18.1. The van der Waals surface area contributed by atoms with Crippen LogP contribution < -0.4 is 0 Å². The van der Waals surface area contributed by atoms with Gasteiger partial charge in [0.25, 0.3) is 0 Å². The van der Waals surface area contributed by atoms with Gasteiger partial charge in [0, 0.05) is 20.0 Å². The van der Waals surface area contributed by atoms with Crippen LogP contribution in [0.5, 0.6) is 0 Å². The van der Waals surface area contributed by atoms with Gasteiger partial charge in [-0.3, -0.25) is 9.59 Å². The molecule has 1 fully saturated rings. The number of imide groups is 1. The molecule has 1 aliphatic heterocycles. The standard InChI is InChI=1S/C39H42BrNO9/c1-26-36(30-17-10-5-11-18-30)50-39(45)41(26)38(44)32(21-28-13-6-3-7-14-28)37(48-27(2)43)35-22-33(40)34(49-35)19-12-20-46-25-31(23-42)47-24-29-15-8-4-9-16-29/h3-11,13-18,22,26,31-32,36-37,42H,12,19-21,23-25H2,1-2H3. The Labute approximate surface area is 300 Å². The first-order chi connectivity index (χ1) is 24.2. The fourth-order valence-corrected chi connectivity index (χ4v) is 6.47. The summed E-state index contributed by atoms with van der Waals surface area (Å²) in [6.45, 7) is 3.86. The molecule has 0 aliphatic carbocycles. The summed E-state index contributed by atoms with van der Waals surface area (Å²) in [5, 5.41) is 9.72. The number of amides is 2. The monoisotopic (exact) mass is 747 g/mol. The van der Waals surface area contributed by atoms with E-state index in [0.29, 0.717) is 36.3 Å². The lowest BCUT2D eigenvalue weighted by Crippen LogP contribution is -2.44. The van der Waals surface area contributed by atoms with Gasteiger partial charge in [0.05, 0.1) is 36.3 Å². The number of hydrogen-bond donors (Lipinski definition) is 1. The van der Waals surface area contributed by atoms with Crippen molar-refractivity contribution in [2.45, 2.75) is 64.1 Å². The summed E-state index contributed by atoms with van der Waals surface area (Å²) in [6.07, 6.45) is -1.76. The zero-order valence-electron chi connectivity index (χ0n) is 28.1. The molecular formula is C39H42BrNO9. The summed E-state index contributed by atoms with van der Waals surface area (Å²) in [7, 11) is 0. The number of carbonyl (C=O) groups excluding carboxylic acids is 3. The van der Waals surface area contributed by atoms with E-state index in [1.807, 2.05) is 91.0 Å². The van der Waals surface area contributed by atoms with E-state index >= 15 is 0 Å². The Morgan fingerprint density at radius 2 is 1.60 bits per heavy atom. The van der Waals surface area contributed by atoms with Crippen LogP contribution in [0.3, 0.4) is 0 Å². The van der Waals surface area contributed by atoms with Crippen LogP contribution in [-0.2, 0) is 48.0 Å². The molecular weight excluding hydrogens is 706 g/mol. The minimum Gasteiger partial charge on any atom is -0.461 e. The first-order valence-corrected chi connectivity index (χ1v) is 17.5. The summed E-state index contributed by atoms with van der Waals surface area (Å²) in [5.74, 6) is -1.29. The summed E-state index contributed by atoms with van der Waals surface area (Å²) in [6, 6.07) is 29.4. The van der Waals surface area contributed by atoms with E-state index in [2.05, 4.69) is 15.9 Å². The number of esters is 1. The fraction of sp³-hybridized carbons (Fsp3) is 0.359. The summed E-state index contributed by atoms with van der Waals surface area (Å²) < 4.78 is 30.0. The number of aliphatic hydroxyl groups excluding tert-OH is 1. The van der Waals surface area contributed by atoms with Crippen LogP contribution in [0.15, 0.2) is 106 Å². The summed E-state index contributed by atoms with van der Waals surface area (Å²) in [5.41, 5.74) is 2.60. The van der Waals surface area contributed by atoms with Gasteiger partial charge in [0.2, 0.25) is 5.91 Å². The molecule has 10 nitrogen and oxygen atoms in total. The second-order valence-electron chi connectivity index (χ2n) is 12.2. The van der Waals surface area contributed by atoms with Crippen LogP contribution in [0.1, 0.15) is 60.7 Å². The third kappa shape index (κ3) is 9.69. The highest BCUT2D eigenvalue weighted by Crippen LogP contribution is 2.39. The van der Waals surface area contributed by atoms with Crippen LogP contribution in [0.2, 0.25) is 0 Å². The van der Waals surface area contributed by atoms with Crippen molar-refractivity contribution < 1.29 is 42.9 Å². The van der Waals surface area contributed by atoms with Gasteiger partial charge in [0.1, 0.15) is 23.7 Å². The van der Waals surface area contributed by atoms with Gasteiger partial charge in [-0.25, -0.2) is 9.69 Å². The Hall–Kier alpha value is -4.29. The molecule has 0 radical (unpaired) electrons. The number of nitrogens with zero attached hydrogens (tertiary/aromatic N) is 1. The predicted molar refractivity (Wildman–Crippen MR) is 188 cm³/mol. The first kappa shape index (κ1) is 37.0. The molecule has 1 aliphatic rings. The van der Waals surface area contributed by atoms with Crippen molar-refractivity contribution in [3.8, 4) is 0 Å². The van der Waals surface area contributed by atoms with Crippen molar-refractivity contribution in [3.63, 3.8) is 0 Å². The normalized spacial score (nSPS) is 17.6. The van der Waals surface area contributed by atoms with Crippen molar-refractivity contribution in [2.75, 3.05) is 19.8 Å². The Morgan fingerprint density at radius 3 is 2.24 bits per heavy atom. The SMILES string of the molecule is CC(=O)OC(c1cc(Br)c(CCCOCC(CO)OCc2ccccc2)o1)C(Cc1ccccc1)C(=O)N1C(=O)OC(c2ccccc2)C1C. The molecule has 5 atom stereocenters. The second-order valence-corrected chi connectivity index (χ2v) is 13.0. The minimum absolute atomic E-state index is 0.166. The zero-order valence-corrected chi connectivity index (χ0v) is 29.7. The number of carbonyl (C=O) groups is 3. The quantitative estimate of drug-likeness (QED) is 0.0887. The smallest absolute Gasteiger partial charge is 0.417 e. The summed E-state index contributed by atoms with van der Waals surface area (Å²) in [4.78, 5) is 41.3. The molecule has 4 aromatic rings. The van der Waals surface area contributed by atoms with E-state index in [9.17, 15) is 19.5 Å². The van der Waals surface area contributed by atoms with E-state index in [-0.39, 0.29) is 25.4 Å². The average Bonchev–Trinajstić information content (AvgIpc) is 3.65. The maximum Gasteiger partial charge on any atom is 0.417 e. The van der Waals surface area contributed by atoms with Crippen molar-refractivity contribution >= 4 is 33.9 Å². The lowest BCUT2D eigenvalue weighted by molar-refractivity contribution is -0.155. The predicted octanol–water partition coefficient (Wildman–Crippen LogP) is 7.14. The Morgan fingerprint density at radius 1 is 0.960 bits per heavy atom. The van der Waals surface area contributed by atoms with Gasteiger partial charge in [-0.05, 0) is 58.5 Å². The Balaban J connectivity index is 1.29. The van der Waals surface area contributed by atoms with E-state index in [1.54, 1.807) is 13.0 Å². The van der Waals surface area contributed by atoms with Crippen LogP contribution in [0.4, 0.5) is 4.79 Å². The molecule has 3 aromatic carbocycles. The maximum atomic E-state index is 14.4. The molecule has 0 bridgehead atoms. The Bertz CT molecular complexity index is 1680. The Kier molecular flexibility index (Phi) is 13.4. The molecule has 0 spiro atoms. The lowest BCUT2D eigenvalue weighted by Gasteiger charge is -2.29. The largest absolute Gasteiger partial charge is 0.461 e. The molecule has 1 saturated heterocycles. The molecule has 2 heterocycles. The van der Waals surface area contributed by atoms with Crippen LogP contribution in [0, 0.1) is 5.92 Å². The van der Waals surface area contributed by atoms with Crippen LogP contribution in [-0.4, -0.2) is 59.9 Å². The molecule has 5 unspecified atom stereocenters. The van der Waals surface area contributed by atoms with Crippen molar-refractivity contribution in [1.29, 1.82) is 0 Å². The van der Waals surface area contributed by atoms with E-state index in [1.165, 1.54) is 6.92 Å². The molecule has 50 heavy (non-hydrogen) atoms. The van der Waals surface area contributed by atoms with Gasteiger partial charge in [-0.2, -0.15) is 0 Å². The number of halogens is 1.